The maximum absolute atomic E-state index is 12.5. The highest BCUT2D eigenvalue weighted by Gasteiger charge is 2.27. The number of rotatable bonds is 2. The van der Waals surface area contributed by atoms with Gasteiger partial charge in [0.1, 0.15) is 9.71 Å². The monoisotopic (exact) mass is 304 g/mol. The van der Waals surface area contributed by atoms with Gasteiger partial charge >= 0.3 is 0 Å². The van der Waals surface area contributed by atoms with E-state index in [0.29, 0.717) is 21.3 Å². The number of nitrogens with one attached hydrogen (secondary N) is 1. The first-order chi connectivity index (χ1) is 10.1. The van der Waals surface area contributed by atoms with Gasteiger partial charge in [-0.1, -0.05) is 13.8 Å². The maximum Gasteiger partial charge on any atom is 0.263 e. The number of fused-ring (bicyclic) bond motifs is 1. The van der Waals surface area contributed by atoms with Crippen molar-refractivity contribution in [3.05, 3.63) is 17.1 Å². The predicted octanol–water partition coefficient (Wildman–Crippen LogP) is 2.83. The molecule has 1 fully saturated rings. The van der Waals surface area contributed by atoms with Crippen molar-refractivity contribution in [2.75, 3.05) is 5.73 Å². The second kappa shape index (κ2) is 5.60. The van der Waals surface area contributed by atoms with Gasteiger partial charge in [-0.3, -0.25) is 4.79 Å². The summed E-state index contributed by atoms with van der Waals surface area (Å²) in [5.41, 5.74) is 6.59. The van der Waals surface area contributed by atoms with E-state index in [0.717, 1.165) is 24.1 Å². The molecule has 6 heteroatoms. The molecular weight excluding hydrogens is 284 g/mol. The van der Waals surface area contributed by atoms with Gasteiger partial charge in [0, 0.05) is 11.4 Å². The lowest BCUT2D eigenvalue weighted by molar-refractivity contribution is 0.0915. The van der Waals surface area contributed by atoms with Crippen LogP contribution < -0.4 is 11.1 Å². The number of amides is 1. The Hall–Kier alpha value is -1.69. The third-order valence-electron chi connectivity index (χ3n) is 4.56. The van der Waals surface area contributed by atoms with Gasteiger partial charge in [0.2, 0.25) is 0 Å². The third kappa shape index (κ3) is 2.72. The number of thiophene rings is 1. The molecule has 3 atom stereocenters. The smallest absolute Gasteiger partial charge is 0.263 e. The molecule has 5 nitrogen and oxygen atoms in total. The summed E-state index contributed by atoms with van der Waals surface area (Å²) in [5.74, 6) is 1.31. The molecule has 0 saturated heterocycles. The minimum Gasteiger partial charge on any atom is -0.397 e. The van der Waals surface area contributed by atoms with E-state index in [4.69, 9.17) is 5.73 Å². The summed E-state index contributed by atoms with van der Waals surface area (Å²) in [5, 5.41) is 11.8. The van der Waals surface area contributed by atoms with Crippen LogP contribution in [-0.2, 0) is 0 Å². The molecule has 3 unspecified atom stereocenters. The van der Waals surface area contributed by atoms with Crippen molar-refractivity contribution in [1.29, 1.82) is 0 Å². The number of hydrogen-bond donors (Lipinski definition) is 2. The molecule has 1 amide bonds. The molecule has 0 aliphatic heterocycles. The number of nitrogen functional groups attached to an aromatic ring is 1. The average Bonchev–Trinajstić information content (AvgIpc) is 2.81. The quantitative estimate of drug-likeness (QED) is 0.894. The molecule has 1 aliphatic carbocycles. The summed E-state index contributed by atoms with van der Waals surface area (Å²) >= 11 is 1.31. The molecule has 3 rings (SSSR count). The standard InChI is InChI=1S/C15H20N4OS/c1-8-3-4-10(7-9(8)2)18-14(20)13-12(16)11-5-6-17-19-15(11)21-13/h5-6,8-10H,3-4,7,16H2,1-2H3,(H,18,20). The fraction of sp³-hybridized carbons (Fsp3) is 0.533. The highest BCUT2D eigenvalue weighted by molar-refractivity contribution is 7.21. The Kier molecular flexibility index (Phi) is 3.80. The van der Waals surface area contributed by atoms with Crippen molar-refractivity contribution in [1.82, 2.24) is 15.5 Å². The molecule has 3 N–H and O–H groups in total. The number of nitrogens with zero attached hydrogens (tertiary/aromatic N) is 2. The van der Waals surface area contributed by atoms with Crippen LogP contribution in [0.1, 0.15) is 42.8 Å². The summed E-state index contributed by atoms with van der Waals surface area (Å²) in [4.78, 5) is 13.7. The van der Waals surface area contributed by atoms with Crippen LogP contribution in [0, 0.1) is 11.8 Å². The SMILES string of the molecule is CC1CCC(NC(=O)c2sc3nnccc3c2N)CC1C. The van der Waals surface area contributed by atoms with Crippen LogP contribution in [0.25, 0.3) is 10.2 Å². The van der Waals surface area contributed by atoms with Crippen molar-refractivity contribution >= 4 is 33.1 Å². The second-order valence-electron chi connectivity index (χ2n) is 6.03. The Morgan fingerprint density at radius 1 is 1.38 bits per heavy atom. The zero-order chi connectivity index (χ0) is 15.0. The highest BCUT2D eigenvalue weighted by Crippen LogP contribution is 2.33. The van der Waals surface area contributed by atoms with E-state index in [1.165, 1.54) is 17.8 Å². The maximum atomic E-state index is 12.5. The van der Waals surface area contributed by atoms with Crippen LogP contribution >= 0.6 is 11.3 Å². The van der Waals surface area contributed by atoms with E-state index < -0.39 is 0 Å². The molecule has 0 spiro atoms. The molecule has 0 aromatic carbocycles. The summed E-state index contributed by atoms with van der Waals surface area (Å²) < 4.78 is 0. The van der Waals surface area contributed by atoms with Crippen LogP contribution in [0.2, 0.25) is 0 Å². The molecule has 1 aliphatic rings. The van der Waals surface area contributed by atoms with Crippen molar-refractivity contribution in [2.45, 2.75) is 39.2 Å². The van der Waals surface area contributed by atoms with Gasteiger partial charge in [0.15, 0.2) is 0 Å². The van der Waals surface area contributed by atoms with Crippen molar-refractivity contribution in [3.8, 4) is 0 Å². The van der Waals surface area contributed by atoms with Gasteiger partial charge < -0.3 is 11.1 Å². The van der Waals surface area contributed by atoms with E-state index >= 15 is 0 Å². The Labute approximate surface area is 127 Å². The Morgan fingerprint density at radius 2 is 2.19 bits per heavy atom. The number of nitrogens with two attached hydrogens (primary N) is 1. The van der Waals surface area contributed by atoms with Gasteiger partial charge in [-0.25, -0.2) is 0 Å². The van der Waals surface area contributed by atoms with Crippen LogP contribution in [0.5, 0.6) is 0 Å². The number of hydrogen-bond acceptors (Lipinski definition) is 5. The van der Waals surface area contributed by atoms with E-state index in [1.54, 1.807) is 12.3 Å². The topological polar surface area (TPSA) is 80.9 Å². The van der Waals surface area contributed by atoms with Crippen LogP contribution in [0.3, 0.4) is 0 Å². The average molecular weight is 304 g/mol. The lowest BCUT2D eigenvalue weighted by Crippen LogP contribution is -2.39. The van der Waals surface area contributed by atoms with Gasteiger partial charge in [-0.05, 0) is 37.2 Å². The zero-order valence-corrected chi connectivity index (χ0v) is 13.1. The zero-order valence-electron chi connectivity index (χ0n) is 12.3. The van der Waals surface area contributed by atoms with Crippen molar-refractivity contribution in [3.63, 3.8) is 0 Å². The molecule has 0 radical (unpaired) electrons. The van der Waals surface area contributed by atoms with E-state index in [9.17, 15) is 4.79 Å². The van der Waals surface area contributed by atoms with Crippen LogP contribution in [0.4, 0.5) is 5.69 Å². The number of anilines is 1. The summed E-state index contributed by atoms with van der Waals surface area (Å²) in [7, 11) is 0. The normalized spacial score (nSPS) is 25.9. The molecule has 2 aromatic heterocycles. The first-order valence-electron chi connectivity index (χ1n) is 7.36. The van der Waals surface area contributed by atoms with Gasteiger partial charge in [-0.15, -0.1) is 16.4 Å². The van der Waals surface area contributed by atoms with E-state index in [-0.39, 0.29) is 11.9 Å². The lowest BCUT2D eigenvalue weighted by atomic mass is 9.79. The Morgan fingerprint density at radius 3 is 2.90 bits per heavy atom. The van der Waals surface area contributed by atoms with E-state index in [1.807, 2.05) is 0 Å². The first-order valence-corrected chi connectivity index (χ1v) is 8.18. The van der Waals surface area contributed by atoms with Gasteiger partial charge in [0.05, 0.1) is 11.9 Å². The third-order valence-corrected chi connectivity index (χ3v) is 5.66. The molecule has 2 aromatic rings. The minimum atomic E-state index is -0.0812. The molecule has 112 valence electrons. The lowest BCUT2D eigenvalue weighted by Gasteiger charge is -2.32. The molecule has 21 heavy (non-hydrogen) atoms. The number of carbonyl (C=O) groups excluding carboxylic acids is 1. The summed E-state index contributed by atoms with van der Waals surface area (Å²) in [6.45, 7) is 4.54. The fourth-order valence-electron chi connectivity index (χ4n) is 2.97. The fourth-order valence-corrected chi connectivity index (χ4v) is 3.91. The van der Waals surface area contributed by atoms with Crippen LogP contribution in [-0.4, -0.2) is 22.1 Å². The summed E-state index contributed by atoms with van der Waals surface area (Å²) in [6.07, 6.45) is 4.84. The van der Waals surface area contributed by atoms with Crippen molar-refractivity contribution < 1.29 is 4.79 Å². The minimum absolute atomic E-state index is 0.0812. The number of aromatic nitrogens is 2. The van der Waals surface area contributed by atoms with Gasteiger partial charge in [-0.2, -0.15) is 5.10 Å². The van der Waals surface area contributed by atoms with E-state index in [2.05, 4.69) is 29.4 Å². The first kappa shape index (κ1) is 14.3. The largest absolute Gasteiger partial charge is 0.397 e. The number of carbonyl (C=O) groups is 1. The predicted molar refractivity (Wildman–Crippen MR) is 85.3 cm³/mol. The van der Waals surface area contributed by atoms with Crippen LogP contribution in [0.15, 0.2) is 12.3 Å². The Balaban J connectivity index is 1.77. The molecule has 0 bridgehead atoms. The molecule has 2 heterocycles. The highest BCUT2D eigenvalue weighted by atomic mass is 32.1. The molecule has 1 saturated carbocycles. The van der Waals surface area contributed by atoms with Gasteiger partial charge in [0.25, 0.3) is 5.91 Å². The summed E-state index contributed by atoms with van der Waals surface area (Å²) in [6, 6.07) is 2.05. The molecular formula is C15H20N4OS. The Bertz CT molecular complexity index is 669. The second-order valence-corrected chi connectivity index (χ2v) is 7.03. The van der Waals surface area contributed by atoms with Crippen molar-refractivity contribution in [2.24, 2.45) is 11.8 Å².